The van der Waals surface area contributed by atoms with Gasteiger partial charge in [0.25, 0.3) is 0 Å². The Kier molecular flexibility index (Phi) is 3.27. The molecule has 0 aromatic heterocycles. The molecule has 1 unspecified atom stereocenters. The molecule has 0 saturated heterocycles. The minimum Gasteiger partial charge on any atom is -0.496 e. The van der Waals surface area contributed by atoms with Crippen LogP contribution in [-0.2, 0) is 5.60 Å². The molecule has 1 aliphatic rings. The third-order valence-electron chi connectivity index (χ3n) is 4.45. The van der Waals surface area contributed by atoms with Crippen molar-refractivity contribution in [2.45, 2.75) is 5.60 Å². The quantitative estimate of drug-likeness (QED) is 0.748. The number of hydrogen-bond donors (Lipinski definition) is 2. The summed E-state index contributed by atoms with van der Waals surface area (Å²) in [6.07, 6.45) is 0. The van der Waals surface area contributed by atoms with Gasteiger partial charge >= 0.3 is 0 Å². The number of aliphatic imine (C=N–C) groups is 1. The van der Waals surface area contributed by atoms with Crippen LogP contribution in [0.1, 0.15) is 11.1 Å². The largest absolute Gasteiger partial charge is 0.496 e. The van der Waals surface area contributed by atoms with E-state index in [0.29, 0.717) is 21.8 Å². The smallest absolute Gasteiger partial charge is 0.175 e. The number of methoxy groups -OCH3 is 1. The molecule has 0 bridgehead atoms. The lowest BCUT2D eigenvalue weighted by Gasteiger charge is -2.26. The Bertz CT molecular complexity index is 1000. The highest BCUT2D eigenvalue weighted by atomic mass is 35.5. The molecule has 5 heteroatoms. The Labute approximate surface area is 144 Å². The van der Waals surface area contributed by atoms with Gasteiger partial charge in [0.1, 0.15) is 11.6 Å². The first kappa shape index (κ1) is 15.0. The summed E-state index contributed by atoms with van der Waals surface area (Å²) >= 11 is 6.13. The van der Waals surface area contributed by atoms with Crippen LogP contribution >= 0.6 is 11.6 Å². The molecule has 0 amide bonds. The van der Waals surface area contributed by atoms with E-state index in [4.69, 9.17) is 22.1 Å². The molecule has 0 fully saturated rings. The number of nitrogens with zero attached hydrogens (tertiary/aromatic N) is 1. The van der Waals surface area contributed by atoms with Crippen LogP contribution in [0.5, 0.6) is 5.75 Å². The Morgan fingerprint density at radius 2 is 1.79 bits per heavy atom. The molecular formula is C19H15ClN2O2. The molecule has 120 valence electrons. The van der Waals surface area contributed by atoms with Crippen LogP contribution < -0.4 is 10.5 Å². The fourth-order valence-electron chi connectivity index (χ4n) is 3.29. The molecule has 0 aliphatic carbocycles. The third kappa shape index (κ3) is 1.94. The zero-order chi connectivity index (χ0) is 16.9. The zero-order valence-corrected chi connectivity index (χ0v) is 13.7. The maximum Gasteiger partial charge on any atom is 0.175 e. The molecule has 1 aliphatic heterocycles. The molecule has 0 spiro atoms. The van der Waals surface area contributed by atoms with Crippen LogP contribution in [0.2, 0.25) is 5.02 Å². The predicted molar refractivity (Wildman–Crippen MR) is 96.2 cm³/mol. The summed E-state index contributed by atoms with van der Waals surface area (Å²) < 4.78 is 5.43. The van der Waals surface area contributed by atoms with E-state index in [1.165, 1.54) is 0 Å². The zero-order valence-electron chi connectivity index (χ0n) is 13.0. The molecule has 1 atom stereocenters. The van der Waals surface area contributed by atoms with E-state index < -0.39 is 5.60 Å². The summed E-state index contributed by atoms with van der Waals surface area (Å²) in [6, 6.07) is 16.6. The highest BCUT2D eigenvalue weighted by Crippen LogP contribution is 2.45. The van der Waals surface area contributed by atoms with Crippen LogP contribution in [0.3, 0.4) is 0 Å². The summed E-state index contributed by atoms with van der Waals surface area (Å²) in [4.78, 5) is 4.33. The van der Waals surface area contributed by atoms with Crippen molar-refractivity contribution < 1.29 is 9.84 Å². The van der Waals surface area contributed by atoms with E-state index >= 15 is 0 Å². The van der Waals surface area contributed by atoms with Crippen LogP contribution in [-0.4, -0.2) is 18.1 Å². The third-order valence-corrected chi connectivity index (χ3v) is 4.69. The fraction of sp³-hybridized carbons (Fsp3) is 0.105. The molecule has 3 aromatic carbocycles. The Hall–Kier alpha value is -2.56. The number of aliphatic hydroxyl groups is 1. The van der Waals surface area contributed by atoms with Gasteiger partial charge < -0.3 is 15.6 Å². The Morgan fingerprint density at radius 1 is 1.04 bits per heavy atom. The number of rotatable bonds is 2. The van der Waals surface area contributed by atoms with Crippen molar-refractivity contribution >= 4 is 33.9 Å². The molecular weight excluding hydrogens is 324 g/mol. The summed E-state index contributed by atoms with van der Waals surface area (Å²) in [5, 5.41) is 13.8. The predicted octanol–water partition coefficient (Wildman–Crippen LogP) is 3.74. The van der Waals surface area contributed by atoms with E-state index in [1.54, 1.807) is 25.3 Å². The standard InChI is InChI=1S/C19H15ClN2O2/c1-24-17-9-7-14(12-4-2-3-5-13(12)17)19(23)15-10-11(20)6-8-16(15)22-18(19)21/h2-10,23H,1H3,(H2,21,22). The maximum atomic E-state index is 11.5. The number of hydrogen-bond acceptors (Lipinski definition) is 4. The van der Waals surface area contributed by atoms with Gasteiger partial charge in [0, 0.05) is 21.5 Å². The molecule has 0 saturated carbocycles. The second-order valence-corrected chi connectivity index (χ2v) is 6.17. The van der Waals surface area contributed by atoms with Gasteiger partial charge in [0.05, 0.1) is 12.8 Å². The number of nitrogens with two attached hydrogens (primary N) is 1. The van der Waals surface area contributed by atoms with Crippen LogP contribution in [0.4, 0.5) is 5.69 Å². The van der Waals surface area contributed by atoms with E-state index in [2.05, 4.69) is 4.99 Å². The van der Waals surface area contributed by atoms with Crippen LogP contribution in [0.15, 0.2) is 59.6 Å². The van der Waals surface area contributed by atoms with Gasteiger partial charge in [-0.15, -0.1) is 0 Å². The van der Waals surface area contributed by atoms with E-state index in [9.17, 15) is 5.11 Å². The van der Waals surface area contributed by atoms with Gasteiger partial charge in [-0.2, -0.15) is 0 Å². The minimum absolute atomic E-state index is 0.134. The van der Waals surface area contributed by atoms with Crippen molar-refractivity contribution in [3.8, 4) is 5.75 Å². The van der Waals surface area contributed by atoms with Gasteiger partial charge in [0.2, 0.25) is 0 Å². The van der Waals surface area contributed by atoms with Crippen LogP contribution in [0, 0.1) is 0 Å². The van der Waals surface area contributed by atoms with Gasteiger partial charge in [0.15, 0.2) is 5.60 Å². The van der Waals surface area contributed by atoms with Crippen LogP contribution in [0.25, 0.3) is 10.8 Å². The fourth-order valence-corrected chi connectivity index (χ4v) is 3.46. The molecule has 4 rings (SSSR count). The second kappa shape index (κ2) is 5.23. The van der Waals surface area contributed by atoms with Gasteiger partial charge in [-0.1, -0.05) is 41.9 Å². The summed E-state index contributed by atoms with van der Waals surface area (Å²) in [5.74, 6) is 0.868. The Morgan fingerprint density at radius 3 is 2.54 bits per heavy atom. The molecule has 3 aromatic rings. The average Bonchev–Trinajstić information content (AvgIpc) is 2.85. The van der Waals surface area contributed by atoms with Crippen molar-refractivity contribution in [2.24, 2.45) is 10.7 Å². The number of amidine groups is 1. The normalized spacial score (nSPS) is 19.2. The average molecular weight is 339 g/mol. The lowest BCUT2D eigenvalue weighted by atomic mass is 9.83. The molecule has 1 heterocycles. The summed E-state index contributed by atoms with van der Waals surface area (Å²) in [6.45, 7) is 0. The number of fused-ring (bicyclic) bond motifs is 2. The molecule has 3 N–H and O–H groups in total. The SMILES string of the molecule is COc1ccc(C2(O)C(N)=Nc3ccc(Cl)cc32)c2ccccc12. The Balaban J connectivity index is 2.06. The first-order valence-electron chi connectivity index (χ1n) is 7.49. The van der Waals surface area contributed by atoms with Crippen molar-refractivity contribution in [2.75, 3.05) is 7.11 Å². The lowest BCUT2D eigenvalue weighted by Crippen LogP contribution is -2.39. The highest BCUT2D eigenvalue weighted by Gasteiger charge is 2.43. The van der Waals surface area contributed by atoms with Gasteiger partial charge in [-0.05, 0) is 29.7 Å². The lowest BCUT2D eigenvalue weighted by molar-refractivity contribution is 0.160. The van der Waals surface area contributed by atoms with E-state index in [1.807, 2.05) is 36.4 Å². The first-order valence-corrected chi connectivity index (χ1v) is 7.86. The van der Waals surface area contributed by atoms with Gasteiger partial charge in [-0.25, -0.2) is 4.99 Å². The maximum absolute atomic E-state index is 11.5. The first-order chi connectivity index (χ1) is 11.6. The second-order valence-electron chi connectivity index (χ2n) is 5.73. The molecule has 4 nitrogen and oxygen atoms in total. The summed E-state index contributed by atoms with van der Waals surface area (Å²) in [7, 11) is 1.62. The van der Waals surface area contributed by atoms with Crippen molar-refractivity contribution in [3.63, 3.8) is 0 Å². The topological polar surface area (TPSA) is 67.8 Å². The molecule has 24 heavy (non-hydrogen) atoms. The van der Waals surface area contributed by atoms with Crippen molar-refractivity contribution in [1.29, 1.82) is 0 Å². The highest BCUT2D eigenvalue weighted by molar-refractivity contribution is 6.30. The number of halogens is 1. The van der Waals surface area contributed by atoms with Crippen molar-refractivity contribution in [3.05, 3.63) is 70.7 Å². The number of ether oxygens (including phenoxy) is 1. The van der Waals surface area contributed by atoms with E-state index in [0.717, 1.165) is 16.5 Å². The number of benzene rings is 3. The van der Waals surface area contributed by atoms with Crippen molar-refractivity contribution in [1.82, 2.24) is 0 Å². The molecule has 0 radical (unpaired) electrons. The van der Waals surface area contributed by atoms with Gasteiger partial charge in [-0.3, -0.25) is 0 Å². The minimum atomic E-state index is -1.52. The van der Waals surface area contributed by atoms with E-state index in [-0.39, 0.29) is 5.84 Å². The monoisotopic (exact) mass is 338 g/mol. The summed E-state index contributed by atoms with van der Waals surface area (Å²) in [5.41, 5.74) is 6.48.